The van der Waals surface area contributed by atoms with Gasteiger partial charge in [-0.2, -0.15) is 0 Å². The van der Waals surface area contributed by atoms with Crippen molar-refractivity contribution in [2.24, 2.45) is 0 Å². The van der Waals surface area contributed by atoms with E-state index in [1.54, 1.807) is 13.8 Å². The van der Waals surface area contributed by atoms with Gasteiger partial charge in [-0.25, -0.2) is 4.79 Å². The minimum absolute atomic E-state index is 0.332. The highest BCUT2D eigenvalue weighted by molar-refractivity contribution is 5.87. The SMILES string of the molecule is C=C(C)C(=O)OC(C)N(OC)OC. The van der Waals surface area contributed by atoms with Crippen LogP contribution in [0.2, 0.25) is 0 Å². The first kappa shape index (κ1) is 12.1. The van der Waals surface area contributed by atoms with E-state index in [9.17, 15) is 4.79 Å². The van der Waals surface area contributed by atoms with E-state index in [0.717, 1.165) is 5.23 Å². The summed E-state index contributed by atoms with van der Waals surface area (Å²) in [6.07, 6.45) is -0.612. The summed E-state index contributed by atoms with van der Waals surface area (Å²) in [5, 5.41) is 1.06. The van der Waals surface area contributed by atoms with Crippen molar-refractivity contribution in [2.75, 3.05) is 14.2 Å². The van der Waals surface area contributed by atoms with E-state index < -0.39 is 12.2 Å². The molecule has 0 saturated heterocycles. The van der Waals surface area contributed by atoms with Gasteiger partial charge in [-0.1, -0.05) is 6.58 Å². The Morgan fingerprint density at radius 3 is 2.15 bits per heavy atom. The summed E-state index contributed by atoms with van der Waals surface area (Å²) in [6.45, 7) is 6.63. The van der Waals surface area contributed by atoms with Crippen LogP contribution >= 0.6 is 0 Å². The van der Waals surface area contributed by atoms with E-state index in [4.69, 9.17) is 14.4 Å². The number of rotatable bonds is 5. The van der Waals surface area contributed by atoms with E-state index in [2.05, 4.69) is 6.58 Å². The summed E-state index contributed by atoms with van der Waals surface area (Å²) >= 11 is 0. The molecule has 0 N–H and O–H groups in total. The molecule has 1 atom stereocenters. The van der Waals surface area contributed by atoms with Crippen LogP contribution in [0.4, 0.5) is 0 Å². The van der Waals surface area contributed by atoms with E-state index in [0.29, 0.717) is 5.57 Å². The summed E-state index contributed by atoms with van der Waals surface area (Å²) in [6, 6.07) is 0. The molecule has 0 saturated carbocycles. The van der Waals surface area contributed by atoms with Crippen molar-refractivity contribution in [3.63, 3.8) is 0 Å². The Bertz CT molecular complexity index is 189. The van der Waals surface area contributed by atoms with Gasteiger partial charge in [0.1, 0.15) is 0 Å². The maximum Gasteiger partial charge on any atom is 0.334 e. The predicted molar refractivity (Wildman–Crippen MR) is 46.2 cm³/mol. The fourth-order valence-corrected chi connectivity index (χ4v) is 0.670. The van der Waals surface area contributed by atoms with Crippen molar-refractivity contribution in [3.8, 4) is 0 Å². The quantitative estimate of drug-likeness (QED) is 0.278. The average Bonchev–Trinajstić information content (AvgIpc) is 2.06. The molecule has 5 heteroatoms. The third-order valence-electron chi connectivity index (χ3n) is 1.28. The number of carbonyl (C=O) groups is 1. The Balaban J connectivity index is 4.04. The highest BCUT2D eigenvalue weighted by Gasteiger charge is 2.17. The van der Waals surface area contributed by atoms with Crippen LogP contribution in [0.25, 0.3) is 0 Å². The maximum absolute atomic E-state index is 11.0. The Hall–Kier alpha value is -0.910. The first-order chi connectivity index (χ1) is 6.02. The van der Waals surface area contributed by atoms with Crippen molar-refractivity contribution in [2.45, 2.75) is 20.1 Å². The smallest absolute Gasteiger partial charge is 0.334 e. The number of nitrogens with zero attached hydrogens (tertiary/aromatic N) is 1. The third kappa shape index (κ3) is 4.02. The number of ether oxygens (including phenoxy) is 1. The minimum atomic E-state index is -0.612. The van der Waals surface area contributed by atoms with Gasteiger partial charge >= 0.3 is 5.97 Å². The van der Waals surface area contributed by atoms with Crippen molar-refractivity contribution < 1.29 is 19.2 Å². The molecule has 0 bridgehead atoms. The van der Waals surface area contributed by atoms with E-state index in [1.165, 1.54) is 14.2 Å². The number of esters is 1. The molecule has 0 heterocycles. The number of hydrogen-bond donors (Lipinski definition) is 0. The zero-order chi connectivity index (χ0) is 10.4. The van der Waals surface area contributed by atoms with Crippen LogP contribution < -0.4 is 0 Å². The second-order valence-corrected chi connectivity index (χ2v) is 2.44. The predicted octanol–water partition coefficient (Wildman–Crippen LogP) is 0.876. The molecule has 76 valence electrons. The first-order valence-electron chi connectivity index (χ1n) is 3.76. The lowest BCUT2D eigenvalue weighted by molar-refractivity contribution is -0.393. The van der Waals surface area contributed by atoms with Crippen LogP contribution in [0.3, 0.4) is 0 Å². The lowest BCUT2D eigenvalue weighted by Crippen LogP contribution is -2.35. The Labute approximate surface area is 77.8 Å². The van der Waals surface area contributed by atoms with Gasteiger partial charge in [0.25, 0.3) is 0 Å². The van der Waals surface area contributed by atoms with Crippen LogP contribution in [-0.4, -0.2) is 31.6 Å². The standard InChI is InChI=1S/C8H15NO4/c1-6(2)8(10)13-7(3)9(11-4)12-5/h7H,1H2,2-5H3. The van der Waals surface area contributed by atoms with Gasteiger partial charge < -0.3 is 4.74 Å². The van der Waals surface area contributed by atoms with Crippen LogP contribution in [0.5, 0.6) is 0 Å². The molecule has 1 unspecified atom stereocenters. The van der Waals surface area contributed by atoms with Crippen LogP contribution in [-0.2, 0) is 19.2 Å². The fraction of sp³-hybridized carbons (Fsp3) is 0.625. The lowest BCUT2D eigenvalue weighted by atomic mass is 10.4. The molecule has 0 spiro atoms. The Morgan fingerprint density at radius 1 is 1.38 bits per heavy atom. The van der Waals surface area contributed by atoms with Gasteiger partial charge in [0.15, 0.2) is 0 Å². The first-order valence-corrected chi connectivity index (χ1v) is 3.76. The van der Waals surface area contributed by atoms with Crippen molar-refractivity contribution in [1.82, 2.24) is 5.23 Å². The fourth-order valence-electron chi connectivity index (χ4n) is 0.670. The number of hydroxylamine groups is 2. The molecule has 0 fully saturated rings. The van der Waals surface area contributed by atoms with Crippen LogP contribution in [0, 0.1) is 0 Å². The van der Waals surface area contributed by atoms with Crippen molar-refractivity contribution in [3.05, 3.63) is 12.2 Å². The van der Waals surface area contributed by atoms with Crippen LogP contribution in [0.1, 0.15) is 13.8 Å². The van der Waals surface area contributed by atoms with E-state index >= 15 is 0 Å². The summed E-state index contributed by atoms with van der Waals surface area (Å²) in [7, 11) is 2.82. The largest absolute Gasteiger partial charge is 0.439 e. The molecule has 0 radical (unpaired) electrons. The summed E-state index contributed by atoms with van der Waals surface area (Å²) in [4.78, 5) is 20.5. The lowest BCUT2D eigenvalue weighted by Gasteiger charge is -2.23. The second-order valence-electron chi connectivity index (χ2n) is 2.44. The molecular formula is C8H15NO4. The molecule has 13 heavy (non-hydrogen) atoms. The minimum Gasteiger partial charge on any atom is -0.439 e. The molecular weight excluding hydrogens is 174 g/mol. The van der Waals surface area contributed by atoms with Crippen molar-refractivity contribution in [1.29, 1.82) is 0 Å². The van der Waals surface area contributed by atoms with Crippen molar-refractivity contribution >= 4 is 5.97 Å². The Morgan fingerprint density at radius 2 is 1.85 bits per heavy atom. The molecule has 0 amide bonds. The molecule has 0 rings (SSSR count). The van der Waals surface area contributed by atoms with Crippen LogP contribution in [0.15, 0.2) is 12.2 Å². The van der Waals surface area contributed by atoms with Gasteiger partial charge in [0, 0.05) is 5.57 Å². The van der Waals surface area contributed by atoms with Gasteiger partial charge in [0.05, 0.1) is 14.2 Å². The molecule has 0 aliphatic heterocycles. The number of carbonyl (C=O) groups excluding carboxylic acids is 1. The summed E-state index contributed by atoms with van der Waals surface area (Å²) in [5.74, 6) is -0.480. The van der Waals surface area contributed by atoms with Gasteiger partial charge in [-0.15, -0.1) is 0 Å². The molecule has 5 nitrogen and oxygen atoms in total. The zero-order valence-corrected chi connectivity index (χ0v) is 8.36. The van der Waals surface area contributed by atoms with E-state index in [-0.39, 0.29) is 0 Å². The highest BCUT2D eigenvalue weighted by Crippen LogP contribution is 2.03. The maximum atomic E-state index is 11.0. The van der Waals surface area contributed by atoms with Gasteiger partial charge in [-0.05, 0) is 19.1 Å². The zero-order valence-electron chi connectivity index (χ0n) is 8.36. The molecule has 0 aromatic heterocycles. The average molecular weight is 189 g/mol. The summed E-state index contributed by atoms with van der Waals surface area (Å²) in [5.41, 5.74) is 0.332. The molecule has 0 aliphatic carbocycles. The normalized spacial score (nSPS) is 12.7. The highest BCUT2D eigenvalue weighted by atomic mass is 17.0. The van der Waals surface area contributed by atoms with E-state index in [1.807, 2.05) is 0 Å². The topological polar surface area (TPSA) is 48.0 Å². The third-order valence-corrected chi connectivity index (χ3v) is 1.28. The molecule has 0 aromatic carbocycles. The van der Waals surface area contributed by atoms with Gasteiger partial charge in [-0.3, -0.25) is 9.68 Å². The molecule has 0 aromatic rings. The summed E-state index contributed by atoms with van der Waals surface area (Å²) < 4.78 is 4.89. The monoisotopic (exact) mass is 189 g/mol. The molecule has 0 aliphatic rings. The van der Waals surface area contributed by atoms with Gasteiger partial charge in [0.2, 0.25) is 6.23 Å². The number of hydrogen-bond acceptors (Lipinski definition) is 5. The Kier molecular flexibility index (Phi) is 5.29. The second kappa shape index (κ2) is 5.69.